The van der Waals surface area contributed by atoms with Crippen molar-refractivity contribution in [1.82, 2.24) is 5.32 Å². The maximum Gasteiger partial charge on any atom is 0.350 e. The smallest absolute Gasteiger partial charge is 0.350 e. The first-order valence-corrected chi connectivity index (χ1v) is 9.25. The molecule has 2 unspecified atom stereocenters. The van der Waals surface area contributed by atoms with E-state index in [1.54, 1.807) is 0 Å². The van der Waals surface area contributed by atoms with Crippen molar-refractivity contribution in [2.75, 3.05) is 25.5 Å². The number of esters is 1. The second-order valence-electron chi connectivity index (χ2n) is 6.25. The van der Waals surface area contributed by atoms with Gasteiger partial charge in [0, 0.05) is 10.9 Å². The van der Waals surface area contributed by atoms with Gasteiger partial charge in [-0.1, -0.05) is 30.3 Å². The van der Waals surface area contributed by atoms with Crippen LogP contribution in [0.1, 0.15) is 29.4 Å². The Morgan fingerprint density at radius 3 is 2.83 bits per heavy atom. The van der Waals surface area contributed by atoms with Gasteiger partial charge < -0.3 is 15.4 Å². The zero-order valence-corrected chi connectivity index (χ0v) is 15.0. The molecule has 0 aliphatic carbocycles. The third-order valence-corrected chi connectivity index (χ3v) is 5.75. The van der Waals surface area contributed by atoms with Gasteiger partial charge in [-0.2, -0.15) is 0 Å². The first-order chi connectivity index (χ1) is 11.7. The van der Waals surface area contributed by atoms with E-state index >= 15 is 0 Å². The van der Waals surface area contributed by atoms with Crippen molar-refractivity contribution in [3.63, 3.8) is 0 Å². The molecule has 2 N–H and O–H groups in total. The van der Waals surface area contributed by atoms with Gasteiger partial charge >= 0.3 is 5.97 Å². The molecule has 24 heavy (non-hydrogen) atoms. The zero-order valence-electron chi connectivity index (χ0n) is 14.2. The maximum absolute atomic E-state index is 12.2. The fraction of sp³-hybridized carbons (Fsp3) is 0.421. The predicted molar refractivity (Wildman–Crippen MR) is 99.8 cm³/mol. The number of carbonyl (C=O) groups excluding carboxylic acids is 1. The lowest BCUT2D eigenvalue weighted by molar-refractivity contribution is 0.0607. The van der Waals surface area contributed by atoms with E-state index in [1.807, 2.05) is 18.2 Å². The molecule has 1 aliphatic rings. The molecule has 3 rings (SSSR count). The highest BCUT2D eigenvalue weighted by molar-refractivity contribution is 7.18. The predicted octanol–water partition coefficient (Wildman–Crippen LogP) is 4.00. The monoisotopic (exact) mass is 344 g/mol. The summed E-state index contributed by atoms with van der Waals surface area (Å²) in [6.07, 6.45) is 2.42. The molecule has 1 aliphatic heterocycles. The van der Waals surface area contributed by atoms with Crippen molar-refractivity contribution in [3.8, 4) is 10.4 Å². The van der Waals surface area contributed by atoms with Crippen molar-refractivity contribution >= 4 is 23.0 Å². The van der Waals surface area contributed by atoms with Crippen molar-refractivity contribution in [1.29, 1.82) is 0 Å². The first kappa shape index (κ1) is 17.0. The van der Waals surface area contributed by atoms with Crippen LogP contribution in [0.3, 0.4) is 0 Å². The Bertz CT molecular complexity index is 678. The average Bonchev–Trinajstić information content (AvgIpc) is 3.06. The van der Waals surface area contributed by atoms with Crippen molar-refractivity contribution < 1.29 is 9.53 Å². The van der Waals surface area contributed by atoms with Gasteiger partial charge in [0.1, 0.15) is 4.88 Å². The van der Waals surface area contributed by atoms with Gasteiger partial charge in [0.2, 0.25) is 0 Å². The van der Waals surface area contributed by atoms with Gasteiger partial charge in [-0.15, -0.1) is 11.3 Å². The molecular formula is C19H24N2O2S. The van der Waals surface area contributed by atoms with Gasteiger partial charge in [0.25, 0.3) is 0 Å². The average molecular weight is 344 g/mol. The Morgan fingerprint density at radius 1 is 1.38 bits per heavy atom. The van der Waals surface area contributed by atoms with E-state index in [1.165, 1.54) is 31.3 Å². The Morgan fingerprint density at radius 2 is 2.17 bits per heavy atom. The Hall–Kier alpha value is -1.85. The summed E-state index contributed by atoms with van der Waals surface area (Å²) in [5.74, 6) is 0.294. The molecule has 5 heteroatoms. The molecule has 1 aromatic carbocycles. The van der Waals surface area contributed by atoms with Gasteiger partial charge in [-0.3, -0.25) is 0 Å². The summed E-state index contributed by atoms with van der Waals surface area (Å²) >= 11 is 1.48. The number of benzene rings is 1. The molecule has 2 aromatic rings. The van der Waals surface area contributed by atoms with E-state index in [9.17, 15) is 4.79 Å². The molecule has 1 saturated heterocycles. The summed E-state index contributed by atoms with van der Waals surface area (Å²) in [6.45, 7) is 4.32. The summed E-state index contributed by atoms with van der Waals surface area (Å²) in [6, 6.07) is 12.5. The Kier molecular flexibility index (Phi) is 5.53. The number of methoxy groups -OCH3 is 1. The van der Waals surface area contributed by atoms with Gasteiger partial charge in [-0.25, -0.2) is 4.79 Å². The van der Waals surface area contributed by atoms with Crippen LogP contribution in [-0.4, -0.2) is 32.2 Å². The highest BCUT2D eigenvalue weighted by atomic mass is 32.1. The van der Waals surface area contributed by atoms with E-state index < -0.39 is 0 Å². The topological polar surface area (TPSA) is 50.4 Å². The van der Waals surface area contributed by atoms with Crippen LogP contribution in [0.25, 0.3) is 10.4 Å². The second kappa shape index (κ2) is 7.81. The van der Waals surface area contributed by atoms with Crippen LogP contribution in [0.5, 0.6) is 0 Å². The Labute approximate surface area is 147 Å². The van der Waals surface area contributed by atoms with Gasteiger partial charge in [0.05, 0.1) is 12.8 Å². The molecule has 0 spiro atoms. The number of carbonyl (C=O) groups is 1. The minimum atomic E-state index is -0.279. The molecule has 2 heterocycles. The fourth-order valence-corrected chi connectivity index (χ4v) is 4.20. The molecule has 0 bridgehead atoms. The summed E-state index contributed by atoms with van der Waals surface area (Å²) in [7, 11) is 1.43. The zero-order chi connectivity index (χ0) is 16.9. The lowest BCUT2D eigenvalue weighted by Crippen LogP contribution is -2.38. The SMILES string of the molecule is COC(=O)c1sc(-c2ccccc2)cc1NC(C)C1CCCNC1. The summed E-state index contributed by atoms with van der Waals surface area (Å²) in [5, 5.41) is 7.01. The maximum atomic E-state index is 12.2. The quantitative estimate of drug-likeness (QED) is 0.805. The molecular weight excluding hydrogens is 320 g/mol. The molecule has 1 aromatic heterocycles. The van der Waals surface area contributed by atoms with E-state index in [0.29, 0.717) is 16.8 Å². The third kappa shape index (κ3) is 3.79. The van der Waals surface area contributed by atoms with E-state index in [2.05, 4.69) is 35.8 Å². The minimum absolute atomic E-state index is 0.279. The molecule has 2 atom stereocenters. The number of anilines is 1. The summed E-state index contributed by atoms with van der Waals surface area (Å²) in [5.41, 5.74) is 2.00. The normalized spacial score (nSPS) is 18.8. The molecule has 0 amide bonds. The van der Waals surface area contributed by atoms with Crippen molar-refractivity contribution in [2.24, 2.45) is 5.92 Å². The number of ether oxygens (including phenoxy) is 1. The number of thiophene rings is 1. The summed E-state index contributed by atoms with van der Waals surface area (Å²) < 4.78 is 4.97. The van der Waals surface area contributed by atoms with E-state index in [-0.39, 0.29) is 5.97 Å². The number of piperidine rings is 1. The van der Waals surface area contributed by atoms with Crippen LogP contribution in [0.15, 0.2) is 36.4 Å². The molecule has 0 saturated carbocycles. The fourth-order valence-electron chi connectivity index (χ4n) is 3.16. The highest BCUT2D eigenvalue weighted by Gasteiger charge is 2.23. The van der Waals surface area contributed by atoms with E-state index in [0.717, 1.165) is 29.2 Å². The number of nitrogens with one attached hydrogen (secondary N) is 2. The number of hydrogen-bond donors (Lipinski definition) is 2. The molecule has 0 radical (unpaired) electrons. The van der Waals surface area contributed by atoms with Gasteiger partial charge in [-0.05, 0) is 50.4 Å². The first-order valence-electron chi connectivity index (χ1n) is 8.44. The van der Waals surface area contributed by atoms with Crippen LogP contribution >= 0.6 is 11.3 Å². The summed E-state index contributed by atoms with van der Waals surface area (Å²) in [4.78, 5) is 13.9. The van der Waals surface area contributed by atoms with Crippen molar-refractivity contribution in [2.45, 2.75) is 25.8 Å². The van der Waals surface area contributed by atoms with Crippen LogP contribution < -0.4 is 10.6 Å². The van der Waals surface area contributed by atoms with Crippen LogP contribution in [0, 0.1) is 5.92 Å². The molecule has 4 nitrogen and oxygen atoms in total. The second-order valence-corrected chi connectivity index (χ2v) is 7.30. The van der Waals surface area contributed by atoms with Crippen LogP contribution in [0.4, 0.5) is 5.69 Å². The molecule has 128 valence electrons. The van der Waals surface area contributed by atoms with Crippen LogP contribution in [0.2, 0.25) is 0 Å². The number of hydrogen-bond acceptors (Lipinski definition) is 5. The minimum Gasteiger partial charge on any atom is -0.465 e. The van der Waals surface area contributed by atoms with Gasteiger partial charge in [0.15, 0.2) is 0 Å². The highest BCUT2D eigenvalue weighted by Crippen LogP contribution is 2.36. The Balaban J connectivity index is 1.85. The standard InChI is InChI=1S/C19H24N2O2S/c1-13(15-9-6-10-20-12-15)21-16-11-17(14-7-4-3-5-8-14)24-18(16)19(22)23-2/h3-5,7-8,11,13,15,20-21H,6,9-10,12H2,1-2H3. The third-order valence-electron chi connectivity index (χ3n) is 4.59. The van der Waals surface area contributed by atoms with Crippen LogP contribution in [-0.2, 0) is 4.74 Å². The largest absolute Gasteiger partial charge is 0.465 e. The van der Waals surface area contributed by atoms with E-state index in [4.69, 9.17) is 4.74 Å². The molecule has 1 fully saturated rings. The lowest BCUT2D eigenvalue weighted by Gasteiger charge is -2.29. The number of rotatable bonds is 5. The lowest BCUT2D eigenvalue weighted by atomic mass is 9.92. The van der Waals surface area contributed by atoms with Crippen molar-refractivity contribution in [3.05, 3.63) is 41.3 Å².